The molecule has 0 heterocycles. The van der Waals surface area contributed by atoms with Crippen molar-refractivity contribution in [2.24, 2.45) is 5.10 Å². The Morgan fingerprint density at radius 3 is 2.44 bits per heavy atom. The average molecular weight is 433 g/mol. The minimum Gasteiger partial charge on any atom is -0.326 e. The SMILES string of the molecule is C/C(CC(=O)Nc1ccc(Br)cc1C)=N\NC(=O)c1ccc([N+](=O)[O-])cc1. The van der Waals surface area contributed by atoms with Gasteiger partial charge in [-0.25, -0.2) is 5.43 Å². The largest absolute Gasteiger partial charge is 0.326 e. The summed E-state index contributed by atoms with van der Waals surface area (Å²) in [4.78, 5) is 34.2. The molecule has 0 aliphatic carbocycles. The second-order valence-electron chi connectivity index (χ2n) is 5.78. The smallest absolute Gasteiger partial charge is 0.271 e. The molecule has 2 N–H and O–H groups in total. The molecule has 0 unspecified atom stereocenters. The van der Waals surface area contributed by atoms with Gasteiger partial charge in [0.15, 0.2) is 0 Å². The van der Waals surface area contributed by atoms with Crippen LogP contribution in [0, 0.1) is 17.0 Å². The molecular weight excluding hydrogens is 416 g/mol. The van der Waals surface area contributed by atoms with Crippen LogP contribution >= 0.6 is 15.9 Å². The number of nitrogens with zero attached hydrogens (tertiary/aromatic N) is 2. The van der Waals surface area contributed by atoms with Crippen molar-refractivity contribution < 1.29 is 14.5 Å². The van der Waals surface area contributed by atoms with Gasteiger partial charge in [-0.1, -0.05) is 15.9 Å². The Labute approximate surface area is 163 Å². The van der Waals surface area contributed by atoms with Crippen LogP contribution in [-0.2, 0) is 4.79 Å². The van der Waals surface area contributed by atoms with Crippen molar-refractivity contribution in [3.05, 3.63) is 68.2 Å². The van der Waals surface area contributed by atoms with Crippen molar-refractivity contribution in [2.45, 2.75) is 20.3 Å². The lowest BCUT2D eigenvalue weighted by Gasteiger charge is -2.09. The molecule has 0 radical (unpaired) electrons. The van der Waals surface area contributed by atoms with E-state index >= 15 is 0 Å². The fourth-order valence-corrected chi connectivity index (χ4v) is 2.65. The van der Waals surface area contributed by atoms with Crippen molar-refractivity contribution in [1.82, 2.24) is 5.43 Å². The van der Waals surface area contributed by atoms with E-state index in [4.69, 9.17) is 0 Å². The third-order valence-corrected chi connectivity index (χ3v) is 4.06. The third kappa shape index (κ3) is 6.00. The molecule has 8 nitrogen and oxygen atoms in total. The zero-order valence-corrected chi connectivity index (χ0v) is 16.2. The van der Waals surface area contributed by atoms with Gasteiger partial charge in [0.25, 0.3) is 11.6 Å². The summed E-state index contributed by atoms with van der Waals surface area (Å²) < 4.78 is 0.921. The maximum atomic E-state index is 12.1. The van der Waals surface area contributed by atoms with E-state index in [0.717, 1.165) is 10.0 Å². The van der Waals surface area contributed by atoms with Crippen LogP contribution in [0.1, 0.15) is 29.3 Å². The topological polar surface area (TPSA) is 114 Å². The number of anilines is 1. The predicted molar refractivity (Wildman–Crippen MR) is 106 cm³/mol. The summed E-state index contributed by atoms with van der Waals surface area (Å²) in [5.41, 5.74) is 4.48. The van der Waals surface area contributed by atoms with Gasteiger partial charge in [0.2, 0.25) is 5.91 Å². The van der Waals surface area contributed by atoms with Crippen molar-refractivity contribution in [3.8, 4) is 0 Å². The van der Waals surface area contributed by atoms with Gasteiger partial charge in [0.05, 0.1) is 11.3 Å². The molecule has 140 valence electrons. The Hall–Kier alpha value is -3.07. The van der Waals surface area contributed by atoms with Gasteiger partial charge in [-0.15, -0.1) is 0 Å². The highest BCUT2D eigenvalue weighted by Crippen LogP contribution is 2.20. The Bertz CT molecular complexity index is 910. The number of hydrazone groups is 1. The molecule has 27 heavy (non-hydrogen) atoms. The number of hydrogen-bond donors (Lipinski definition) is 2. The number of carbonyl (C=O) groups excluding carboxylic acids is 2. The lowest BCUT2D eigenvalue weighted by atomic mass is 10.2. The zero-order valence-electron chi connectivity index (χ0n) is 14.7. The fraction of sp³-hybridized carbons (Fsp3) is 0.167. The highest BCUT2D eigenvalue weighted by molar-refractivity contribution is 9.10. The molecule has 2 aromatic rings. The first-order chi connectivity index (χ1) is 12.8. The number of carbonyl (C=O) groups is 2. The molecule has 0 saturated heterocycles. The van der Waals surface area contributed by atoms with Gasteiger partial charge in [-0.3, -0.25) is 19.7 Å². The van der Waals surface area contributed by atoms with Crippen LogP contribution in [0.3, 0.4) is 0 Å². The zero-order chi connectivity index (χ0) is 20.0. The van der Waals surface area contributed by atoms with Gasteiger partial charge in [-0.05, 0) is 49.7 Å². The van der Waals surface area contributed by atoms with Crippen LogP contribution in [0.2, 0.25) is 0 Å². The van der Waals surface area contributed by atoms with Crippen LogP contribution in [0.25, 0.3) is 0 Å². The van der Waals surface area contributed by atoms with Crippen molar-refractivity contribution >= 4 is 44.8 Å². The minimum atomic E-state index is -0.546. The molecule has 0 saturated carbocycles. The molecule has 0 atom stereocenters. The fourth-order valence-electron chi connectivity index (χ4n) is 2.18. The Kier molecular flexibility index (Phi) is 6.78. The number of benzene rings is 2. The molecule has 2 aromatic carbocycles. The van der Waals surface area contributed by atoms with E-state index in [1.54, 1.807) is 13.0 Å². The molecule has 2 amide bonds. The molecule has 9 heteroatoms. The summed E-state index contributed by atoms with van der Waals surface area (Å²) in [6.45, 7) is 3.50. The monoisotopic (exact) mass is 432 g/mol. The lowest BCUT2D eigenvalue weighted by molar-refractivity contribution is -0.384. The number of nitro groups is 1. The van der Waals surface area contributed by atoms with Gasteiger partial charge in [0, 0.05) is 33.6 Å². The number of non-ortho nitro benzene ring substituents is 1. The highest BCUT2D eigenvalue weighted by Gasteiger charge is 2.10. The number of amides is 2. The molecule has 0 spiro atoms. The van der Waals surface area contributed by atoms with Crippen molar-refractivity contribution in [3.63, 3.8) is 0 Å². The number of nitrogens with one attached hydrogen (secondary N) is 2. The number of halogens is 1. The van der Waals surface area contributed by atoms with Crippen LogP contribution in [0.5, 0.6) is 0 Å². The van der Waals surface area contributed by atoms with Crippen LogP contribution < -0.4 is 10.7 Å². The summed E-state index contributed by atoms with van der Waals surface area (Å²) in [5, 5.41) is 17.3. The maximum Gasteiger partial charge on any atom is 0.271 e. The summed E-state index contributed by atoms with van der Waals surface area (Å²) >= 11 is 3.36. The van der Waals surface area contributed by atoms with Crippen molar-refractivity contribution in [1.29, 1.82) is 0 Å². The maximum absolute atomic E-state index is 12.1. The second kappa shape index (κ2) is 9.04. The lowest BCUT2D eigenvalue weighted by Crippen LogP contribution is -2.21. The molecular formula is C18H17BrN4O4. The molecule has 0 aromatic heterocycles. The first-order valence-electron chi connectivity index (χ1n) is 7.90. The average Bonchev–Trinajstić information content (AvgIpc) is 2.62. The number of rotatable bonds is 6. The van der Waals surface area contributed by atoms with Gasteiger partial charge in [-0.2, -0.15) is 5.10 Å². The first-order valence-corrected chi connectivity index (χ1v) is 8.69. The summed E-state index contributed by atoms with van der Waals surface area (Å²) in [7, 11) is 0. The van der Waals surface area contributed by atoms with E-state index < -0.39 is 10.8 Å². The summed E-state index contributed by atoms with van der Waals surface area (Å²) in [5.74, 6) is -0.778. The standard InChI is InChI=1S/C18H17BrN4O4/c1-11-9-14(19)5-8-16(11)20-17(24)10-12(2)21-22-18(25)13-3-6-15(7-4-13)23(26)27/h3-9H,10H2,1-2H3,(H,20,24)(H,22,25)/b21-12+. The Morgan fingerprint density at radius 2 is 1.85 bits per heavy atom. The third-order valence-electron chi connectivity index (χ3n) is 3.57. The molecule has 0 fully saturated rings. The number of nitro benzene ring substituents is 1. The van der Waals surface area contributed by atoms with E-state index in [9.17, 15) is 19.7 Å². The predicted octanol–water partition coefficient (Wildman–Crippen LogP) is 3.80. The van der Waals surface area contributed by atoms with E-state index in [1.165, 1.54) is 24.3 Å². The number of aryl methyl sites for hydroxylation is 1. The minimum absolute atomic E-state index is 0.00997. The Balaban J connectivity index is 1.91. The van der Waals surface area contributed by atoms with E-state index in [1.807, 2.05) is 19.1 Å². The molecule has 2 rings (SSSR count). The van der Waals surface area contributed by atoms with Crippen molar-refractivity contribution in [2.75, 3.05) is 5.32 Å². The van der Waals surface area contributed by atoms with E-state index in [2.05, 4.69) is 31.8 Å². The molecule has 0 aliphatic rings. The molecule has 0 aliphatic heterocycles. The van der Waals surface area contributed by atoms with Crippen LogP contribution in [0.15, 0.2) is 52.0 Å². The van der Waals surface area contributed by atoms with Gasteiger partial charge < -0.3 is 5.32 Å². The van der Waals surface area contributed by atoms with Gasteiger partial charge >= 0.3 is 0 Å². The van der Waals surface area contributed by atoms with Crippen LogP contribution in [0.4, 0.5) is 11.4 Å². The second-order valence-corrected chi connectivity index (χ2v) is 6.69. The normalized spacial score (nSPS) is 11.0. The highest BCUT2D eigenvalue weighted by atomic mass is 79.9. The first kappa shape index (κ1) is 20.2. The van der Waals surface area contributed by atoms with Gasteiger partial charge in [0.1, 0.15) is 0 Å². The summed E-state index contributed by atoms with van der Waals surface area (Å²) in [6, 6.07) is 10.6. The molecule has 0 bridgehead atoms. The van der Waals surface area contributed by atoms with Crippen LogP contribution in [-0.4, -0.2) is 22.4 Å². The quantitative estimate of drug-likeness (QED) is 0.410. The Morgan fingerprint density at radius 1 is 1.19 bits per heavy atom. The van der Waals surface area contributed by atoms with E-state index in [0.29, 0.717) is 11.4 Å². The van der Waals surface area contributed by atoms with E-state index in [-0.39, 0.29) is 23.6 Å². The summed E-state index contributed by atoms with van der Waals surface area (Å²) in [6.07, 6.45) is 0.00997. The number of hydrogen-bond acceptors (Lipinski definition) is 5.